The molecule has 5 aliphatic rings. The fraction of sp³-hybridized carbons (Fsp3) is 0.526. The molecule has 5 nitrogen and oxygen atoms in total. The summed E-state index contributed by atoms with van der Waals surface area (Å²) in [6, 6.07) is 6.20. The highest BCUT2D eigenvalue weighted by atomic mass is 16.6. The van der Waals surface area contributed by atoms with Crippen LogP contribution in [0.5, 0.6) is 0 Å². The van der Waals surface area contributed by atoms with Gasteiger partial charge in [0, 0.05) is 35.1 Å². The zero-order valence-corrected chi connectivity index (χ0v) is 13.4. The molecular weight excluding hydrogens is 308 g/mol. The van der Waals surface area contributed by atoms with E-state index in [2.05, 4.69) is 12.1 Å². The molecular formula is C19H18O5. The molecule has 2 aromatic rings. The monoisotopic (exact) mass is 326 g/mol. The molecule has 1 aromatic carbocycles. The van der Waals surface area contributed by atoms with Crippen LogP contribution in [0, 0.1) is 11.3 Å². The quantitative estimate of drug-likeness (QED) is 0.752. The third-order valence-corrected chi connectivity index (χ3v) is 7.23. The zero-order valence-electron chi connectivity index (χ0n) is 13.4. The minimum atomic E-state index is -1.41. The van der Waals surface area contributed by atoms with Gasteiger partial charge in [-0.2, -0.15) is 0 Å². The lowest BCUT2D eigenvalue weighted by atomic mass is 9.46. The molecule has 5 atom stereocenters. The third kappa shape index (κ3) is 1.15. The van der Waals surface area contributed by atoms with E-state index in [1.807, 2.05) is 13.0 Å². The van der Waals surface area contributed by atoms with Crippen molar-refractivity contribution >= 4 is 16.9 Å². The second-order valence-electron chi connectivity index (χ2n) is 7.99. The smallest absolute Gasteiger partial charge is 0.318 e. The fourth-order valence-electron chi connectivity index (χ4n) is 6.08. The van der Waals surface area contributed by atoms with Crippen LogP contribution in [0.25, 0.3) is 11.0 Å². The Hall–Kier alpha value is -1.85. The highest BCUT2D eigenvalue weighted by molar-refractivity contribution is 5.86. The predicted octanol–water partition coefficient (Wildman–Crippen LogP) is 2.29. The molecule has 2 aliphatic carbocycles. The first-order valence-electron chi connectivity index (χ1n) is 8.57. The van der Waals surface area contributed by atoms with Crippen LogP contribution in [-0.2, 0) is 26.1 Å². The van der Waals surface area contributed by atoms with Gasteiger partial charge in [-0.1, -0.05) is 12.1 Å². The molecule has 1 N–H and O–H groups in total. The normalized spacial score (nSPS) is 45.2. The van der Waals surface area contributed by atoms with Crippen molar-refractivity contribution in [3.8, 4) is 0 Å². The second kappa shape index (κ2) is 3.70. The van der Waals surface area contributed by atoms with E-state index in [-0.39, 0.29) is 23.4 Å². The van der Waals surface area contributed by atoms with E-state index >= 15 is 0 Å². The number of carbonyl (C=O) groups is 1. The van der Waals surface area contributed by atoms with Gasteiger partial charge in [0.25, 0.3) is 0 Å². The summed E-state index contributed by atoms with van der Waals surface area (Å²) in [7, 11) is 0. The highest BCUT2D eigenvalue weighted by Crippen LogP contribution is 2.68. The first-order chi connectivity index (χ1) is 11.5. The number of furan rings is 1. The fourth-order valence-corrected chi connectivity index (χ4v) is 6.08. The van der Waals surface area contributed by atoms with E-state index in [1.165, 1.54) is 5.56 Å². The summed E-state index contributed by atoms with van der Waals surface area (Å²) in [6.45, 7) is 2.25. The number of aliphatic hydroxyl groups is 1. The predicted molar refractivity (Wildman–Crippen MR) is 83.2 cm³/mol. The Labute approximate surface area is 138 Å². The van der Waals surface area contributed by atoms with Gasteiger partial charge >= 0.3 is 5.97 Å². The van der Waals surface area contributed by atoms with Crippen LogP contribution >= 0.6 is 0 Å². The summed E-state index contributed by atoms with van der Waals surface area (Å²) in [6.07, 6.45) is 3.38. The third-order valence-electron chi connectivity index (χ3n) is 7.23. The number of hydrogen-bond acceptors (Lipinski definition) is 5. The Morgan fingerprint density at radius 1 is 1.25 bits per heavy atom. The Morgan fingerprint density at radius 3 is 2.92 bits per heavy atom. The van der Waals surface area contributed by atoms with Crippen LogP contribution in [0.2, 0.25) is 0 Å². The van der Waals surface area contributed by atoms with Crippen molar-refractivity contribution in [1.29, 1.82) is 0 Å². The Balaban J connectivity index is 1.68. The number of fused-ring (bicyclic) bond motifs is 5. The average Bonchev–Trinajstić information content (AvgIpc) is 3.15. The van der Waals surface area contributed by atoms with Crippen LogP contribution in [0.3, 0.4) is 0 Å². The van der Waals surface area contributed by atoms with Gasteiger partial charge in [-0.15, -0.1) is 0 Å². The van der Waals surface area contributed by atoms with Gasteiger partial charge in [-0.3, -0.25) is 4.79 Å². The van der Waals surface area contributed by atoms with Crippen molar-refractivity contribution in [3.05, 3.63) is 35.6 Å². The molecule has 3 saturated heterocycles. The van der Waals surface area contributed by atoms with E-state index < -0.39 is 11.2 Å². The van der Waals surface area contributed by atoms with Crippen LogP contribution in [0.1, 0.15) is 30.9 Å². The summed E-state index contributed by atoms with van der Waals surface area (Å²) in [4.78, 5) is 12.7. The minimum absolute atomic E-state index is 0.0510. The largest absolute Gasteiger partial charge is 0.464 e. The van der Waals surface area contributed by atoms with Gasteiger partial charge in [-0.05, 0) is 25.0 Å². The van der Waals surface area contributed by atoms with Crippen LogP contribution < -0.4 is 0 Å². The maximum absolute atomic E-state index is 12.7. The molecule has 4 fully saturated rings. The van der Waals surface area contributed by atoms with Gasteiger partial charge in [0.2, 0.25) is 0 Å². The number of esters is 1. The van der Waals surface area contributed by atoms with Crippen molar-refractivity contribution in [3.63, 3.8) is 0 Å². The van der Waals surface area contributed by atoms with Crippen molar-refractivity contribution < 1.29 is 23.8 Å². The molecule has 1 saturated carbocycles. The average molecular weight is 326 g/mol. The lowest BCUT2D eigenvalue weighted by Gasteiger charge is -2.62. The molecule has 0 radical (unpaired) electrons. The number of rotatable bonds is 0. The highest BCUT2D eigenvalue weighted by Gasteiger charge is 2.78. The molecule has 3 aliphatic heterocycles. The molecule has 5 heteroatoms. The lowest BCUT2D eigenvalue weighted by Crippen LogP contribution is -2.71. The summed E-state index contributed by atoms with van der Waals surface area (Å²) in [5.41, 5.74) is 1.94. The molecule has 2 bridgehead atoms. The number of benzene rings is 1. The molecule has 7 rings (SSSR count). The minimum Gasteiger partial charge on any atom is -0.464 e. The maximum atomic E-state index is 12.7. The van der Waals surface area contributed by atoms with E-state index in [1.54, 1.807) is 6.26 Å². The van der Waals surface area contributed by atoms with Gasteiger partial charge in [0.1, 0.15) is 17.1 Å². The Kier molecular flexibility index (Phi) is 2.07. The number of carbonyl (C=O) groups excluding carboxylic acids is 1. The lowest BCUT2D eigenvalue weighted by molar-refractivity contribution is -0.344. The van der Waals surface area contributed by atoms with Crippen LogP contribution in [0.15, 0.2) is 28.9 Å². The number of ether oxygens (including phenoxy) is 2. The molecule has 1 aromatic heterocycles. The number of hydrogen-bond donors (Lipinski definition) is 1. The van der Waals surface area contributed by atoms with Gasteiger partial charge < -0.3 is 19.0 Å². The SMILES string of the molecule is CC12C(=O)OC3Cc4c(ccc5ccoc45)C4(CCC1(O)OC4)C32. The topological polar surface area (TPSA) is 68.9 Å². The molecule has 0 amide bonds. The first kappa shape index (κ1) is 13.4. The van der Waals surface area contributed by atoms with Crippen molar-refractivity contribution in [2.24, 2.45) is 11.3 Å². The maximum Gasteiger partial charge on any atom is 0.318 e. The summed E-state index contributed by atoms with van der Waals surface area (Å²) in [5, 5.41) is 12.1. The standard InChI is InChI=1S/C19H18O5/c1-17-15-13(24-16(17)20)8-11-12(3-2-10-4-7-22-14(10)11)18(15)5-6-19(17,21)23-9-18/h2-4,7,13,15,21H,5-6,8-9H2,1H3. The van der Waals surface area contributed by atoms with Gasteiger partial charge in [-0.25, -0.2) is 0 Å². The van der Waals surface area contributed by atoms with Gasteiger partial charge in [0.05, 0.1) is 12.9 Å². The van der Waals surface area contributed by atoms with E-state index in [0.29, 0.717) is 19.4 Å². The van der Waals surface area contributed by atoms with Crippen LogP contribution in [0.4, 0.5) is 0 Å². The van der Waals surface area contributed by atoms with Crippen molar-refractivity contribution in [1.82, 2.24) is 0 Å². The Bertz CT molecular complexity index is 904. The summed E-state index contributed by atoms with van der Waals surface area (Å²) >= 11 is 0. The van der Waals surface area contributed by atoms with E-state index in [9.17, 15) is 9.90 Å². The van der Waals surface area contributed by atoms with Crippen molar-refractivity contribution in [2.45, 2.75) is 43.5 Å². The summed E-state index contributed by atoms with van der Waals surface area (Å²) < 4.78 is 17.4. The van der Waals surface area contributed by atoms with Crippen molar-refractivity contribution in [2.75, 3.05) is 6.61 Å². The molecule has 1 spiro atoms. The van der Waals surface area contributed by atoms with Gasteiger partial charge in [0.15, 0.2) is 5.79 Å². The molecule has 24 heavy (non-hydrogen) atoms. The zero-order chi connectivity index (χ0) is 16.3. The molecule has 124 valence electrons. The van der Waals surface area contributed by atoms with E-state index in [4.69, 9.17) is 13.9 Å². The first-order valence-corrected chi connectivity index (χ1v) is 8.57. The van der Waals surface area contributed by atoms with E-state index in [0.717, 1.165) is 23.0 Å². The summed E-state index contributed by atoms with van der Waals surface area (Å²) in [5.74, 6) is -1.78. The second-order valence-corrected chi connectivity index (χ2v) is 7.99. The molecule has 5 unspecified atom stereocenters. The molecule has 4 heterocycles. The Morgan fingerprint density at radius 2 is 2.12 bits per heavy atom. The van der Waals surface area contributed by atoms with Crippen LogP contribution in [-0.4, -0.2) is 29.6 Å².